The highest BCUT2D eigenvalue weighted by Gasteiger charge is 2.14. The van der Waals surface area contributed by atoms with E-state index < -0.39 is 11.9 Å². The van der Waals surface area contributed by atoms with E-state index in [1.54, 1.807) is 60.7 Å². The third-order valence-corrected chi connectivity index (χ3v) is 5.00. The summed E-state index contributed by atoms with van der Waals surface area (Å²) >= 11 is 9.17. The summed E-state index contributed by atoms with van der Waals surface area (Å²) in [7, 11) is 2.94. The molecule has 0 aliphatic carbocycles. The molecule has 3 rings (SSSR count). The van der Waals surface area contributed by atoms with Crippen LogP contribution >= 0.6 is 27.5 Å². The van der Waals surface area contributed by atoms with Crippen LogP contribution in [0.5, 0.6) is 17.2 Å². The summed E-state index contributed by atoms with van der Waals surface area (Å²) < 4.78 is 16.7. The standard InChI is InChI=1S/C23H18BrClN2O5/c1-30-19-10-6-16(24)12-18(19)22(28)27-26-13-14-3-9-20(21(11-14)31-2)32-23(29)15-4-7-17(25)8-5-15/h3-13H,1-2H3,(H,27,28)/b26-13-. The molecule has 0 radical (unpaired) electrons. The Morgan fingerprint density at radius 1 is 0.938 bits per heavy atom. The first kappa shape index (κ1) is 23.3. The van der Waals surface area contributed by atoms with Gasteiger partial charge >= 0.3 is 5.97 Å². The second kappa shape index (κ2) is 10.8. The number of methoxy groups -OCH3 is 2. The molecule has 0 aliphatic heterocycles. The highest BCUT2D eigenvalue weighted by molar-refractivity contribution is 9.10. The lowest BCUT2D eigenvalue weighted by Crippen LogP contribution is -2.18. The SMILES string of the molecule is COc1cc(/C=N\NC(=O)c2cc(Br)ccc2OC)ccc1OC(=O)c1ccc(Cl)cc1. The largest absolute Gasteiger partial charge is 0.496 e. The number of rotatable bonds is 7. The van der Waals surface area contributed by atoms with Crippen LogP contribution in [0.2, 0.25) is 5.02 Å². The normalized spacial score (nSPS) is 10.6. The van der Waals surface area contributed by atoms with E-state index in [1.165, 1.54) is 20.4 Å². The van der Waals surface area contributed by atoms with Crippen LogP contribution in [0.1, 0.15) is 26.3 Å². The van der Waals surface area contributed by atoms with Crippen LogP contribution in [0.4, 0.5) is 0 Å². The summed E-state index contributed by atoms with van der Waals surface area (Å²) in [6.45, 7) is 0. The maximum Gasteiger partial charge on any atom is 0.343 e. The zero-order chi connectivity index (χ0) is 23.1. The average molecular weight is 518 g/mol. The maximum absolute atomic E-state index is 12.4. The van der Waals surface area contributed by atoms with Gasteiger partial charge in [-0.2, -0.15) is 5.10 Å². The van der Waals surface area contributed by atoms with Crippen LogP contribution in [0.15, 0.2) is 70.2 Å². The lowest BCUT2D eigenvalue weighted by Gasteiger charge is -2.10. The minimum Gasteiger partial charge on any atom is -0.496 e. The van der Waals surface area contributed by atoms with Gasteiger partial charge in [-0.05, 0) is 66.2 Å². The Morgan fingerprint density at radius 3 is 2.31 bits per heavy atom. The van der Waals surface area contributed by atoms with E-state index in [4.69, 9.17) is 25.8 Å². The molecule has 0 saturated heterocycles. The molecule has 0 unspecified atom stereocenters. The van der Waals surface area contributed by atoms with Crippen molar-refractivity contribution < 1.29 is 23.8 Å². The summed E-state index contributed by atoms with van der Waals surface area (Å²) in [6, 6.07) is 16.3. The number of nitrogens with zero attached hydrogens (tertiary/aromatic N) is 1. The molecule has 0 spiro atoms. The number of esters is 1. The average Bonchev–Trinajstić information content (AvgIpc) is 2.80. The Labute approximate surface area is 198 Å². The van der Waals surface area contributed by atoms with Gasteiger partial charge in [0, 0.05) is 9.50 Å². The van der Waals surface area contributed by atoms with Crippen molar-refractivity contribution in [2.45, 2.75) is 0 Å². The number of hydrogen-bond acceptors (Lipinski definition) is 6. The number of nitrogens with one attached hydrogen (secondary N) is 1. The molecule has 32 heavy (non-hydrogen) atoms. The fourth-order valence-corrected chi connectivity index (χ4v) is 3.16. The number of ether oxygens (including phenoxy) is 3. The number of carbonyl (C=O) groups is 2. The first-order valence-corrected chi connectivity index (χ1v) is 10.4. The lowest BCUT2D eigenvalue weighted by atomic mass is 10.2. The van der Waals surface area contributed by atoms with E-state index in [0.29, 0.717) is 33.2 Å². The first-order chi connectivity index (χ1) is 15.4. The molecule has 1 N–H and O–H groups in total. The van der Waals surface area contributed by atoms with Gasteiger partial charge in [0.2, 0.25) is 0 Å². The first-order valence-electron chi connectivity index (χ1n) is 9.24. The fourth-order valence-electron chi connectivity index (χ4n) is 2.68. The van der Waals surface area contributed by atoms with Crippen LogP contribution in [-0.2, 0) is 0 Å². The van der Waals surface area contributed by atoms with E-state index >= 15 is 0 Å². The van der Waals surface area contributed by atoms with Crippen molar-refractivity contribution in [2.75, 3.05) is 14.2 Å². The Morgan fingerprint density at radius 2 is 1.62 bits per heavy atom. The lowest BCUT2D eigenvalue weighted by molar-refractivity contribution is 0.0729. The third-order valence-electron chi connectivity index (χ3n) is 4.26. The summed E-state index contributed by atoms with van der Waals surface area (Å²) in [5, 5.41) is 4.50. The smallest absolute Gasteiger partial charge is 0.343 e. The topological polar surface area (TPSA) is 86.2 Å². The molecule has 0 fully saturated rings. The van der Waals surface area contributed by atoms with E-state index in [9.17, 15) is 9.59 Å². The number of amides is 1. The predicted octanol–water partition coefficient (Wildman–Crippen LogP) is 5.10. The molecular formula is C23H18BrClN2O5. The van der Waals surface area contributed by atoms with Gasteiger partial charge in [0.1, 0.15) is 5.75 Å². The molecule has 9 heteroatoms. The van der Waals surface area contributed by atoms with Crippen LogP contribution in [-0.4, -0.2) is 32.3 Å². The Balaban J connectivity index is 1.69. The molecule has 1 amide bonds. The van der Waals surface area contributed by atoms with Gasteiger partial charge in [-0.15, -0.1) is 0 Å². The zero-order valence-corrected chi connectivity index (χ0v) is 19.4. The maximum atomic E-state index is 12.4. The highest BCUT2D eigenvalue weighted by atomic mass is 79.9. The minimum absolute atomic E-state index is 0.243. The molecule has 164 valence electrons. The van der Waals surface area contributed by atoms with Crippen molar-refractivity contribution >= 4 is 45.6 Å². The quantitative estimate of drug-likeness (QED) is 0.204. The number of halogens is 2. The molecule has 0 atom stereocenters. The van der Waals surface area contributed by atoms with Gasteiger partial charge in [-0.3, -0.25) is 4.79 Å². The molecule has 7 nitrogen and oxygen atoms in total. The number of hydrogen-bond donors (Lipinski definition) is 1. The minimum atomic E-state index is -0.545. The summed E-state index contributed by atoms with van der Waals surface area (Å²) in [6.07, 6.45) is 1.44. The molecule has 0 aromatic heterocycles. The molecule has 0 saturated carbocycles. The van der Waals surface area contributed by atoms with Crippen LogP contribution in [0, 0.1) is 0 Å². The zero-order valence-electron chi connectivity index (χ0n) is 17.1. The van der Waals surface area contributed by atoms with Crippen molar-refractivity contribution in [1.29, 1.82) is 0 Å². The van der Waals surface area contributed by atoms with Crippen molar-refractivity contribution in [2.24, 2.45) is 5.10 Å². The summed E-state index contributed by atoms with van der Waals surface area (Å²) in [5.74, 6) is 0.0229. The molecule has 3 aromatic rings. The van der Waals surface area contributed by atoms with Crippen LogP contribution in [0.25, 0.3) is 0 Å². The molecule has 0 aliphatic rings. The number of benzene rings is 3. The van der Waals surface area contributed by atoms with Gasteiger partial charge < -0.3 is 14.2 Å². The molecular weight excluding hydrogens is 500 g/mol. The van der Waals surface area contributed by atoms with Gasteiger partial charge in [0.15, 0.2) is 11.5 Å². The number of carbonyl (C=O) groups excluding carboxylic acids is 2. The van der Waals surface area contributed by atoms with Gasteiger partial charge in [-0.1, -0.05) is 27.5 Å². The second-order valence-electron chi connectivity index (χ2n) is 6.35. The van der Waals surface area contributed by atoms with Crippen molar-refractivity contribution in [3.05, 3.63) is 86.8 Å². The van der Waals surface area contributed by atoms with Crippen LogP contribution in [0.3, 0.4) is 0 Å². The highest BCUT2D eigenvalue weighted by Crippen LogP contribution is 2.28. The Bertz CT molecular complexity index is 1170. The monoisotopic (exact) mass is 516 g/mol. The fraction of sp³-hybridized carbons (Fsp3) is 0.0870. The Hall–Kier alpha value is -3.36. The predicted molar refractivity (Wildman–Crippen MR) is 125 cm³/mol. The molecule has 0 bridgehead atoms. The van der Waals surface area contributed by atoms with Crippen molar-refractivity contribution in [3.8, 4) is 17.2 Å². The molecule has 0 heterocycles. The van der Waals surface area contributed by atoms with Crippen molar-refractivity contribution in [3.63, 3.8) is 0 Å². The van der Waals surface area contributed by atoms with Crippen molar-refractivity contribution in [1.82, 2.24) is 5.43 Å². The van der Waals surface area contributed by atoms with Crippen LogP contribution < -0.4 is 19.6 Å². The van der Waals surface area contributed by atoms with Gasteiger partial charge in [0.05, 0.1) is 31.6 Å². The van der Waals surface area contributed by atoms with E-state index in [1.807, 2.05) is 0 Å². The van der Waals surface area contributed by atoms with E-state index in [-0.39, 0.29) is 5.75 Å². The Kier molecular flexibility index (Phi) is 7.86. The molecule has 3 aromatic carbocycles. The number of hydrazone groups is 1. The van der Waals surface area contributed by atoms with E-state index in [2.05, 4.69) is 26.5 Å². The third kappa shape index (κ3) is 5.87. The second-order valence-corrected chi connectivity index (χ2v) is 7.70. The van der Waals surface area contributed by atoms with Gasteiger partial charge in [-0.25, -0.2) is 10.2 Å². The van der Waals surface area contributed by atoms with E-state index in [0.717, 1.165) is 4.47 Å². The summed E-state index contributed by atoms with van der Waals surface area (Å²) in [5.41, 5.74) is 3.76. The van der Waals surface area contributed by atoms with Gasteiger partial charge in [0.25, 0.3) is 5.91 Å². The summed E-state index contributed by atoms with van der Waals surface area (Å²) in [4.78, 5) is 24.7.